The van der Waals surface area contributed by atoms with Gasteiger partial charge in [0.25, 0.3) is 0 Å². The summed E-state index contributed by atoms with van der Waals surface area (Å²) in [7, 11) is 0. The summed E-state index contributed by atoms with van der Waals surface area (Å²) in [5.74, 6) is 0. The second kappa shape index (κ2) is 3.19. The lowest BCUT2D eigenvalue weighted by Crippen LogP contribution is -2.35. The second-order valence-corrected chi connectivity index (χ2v) is 3.02. The molecule has 0 atom stereocenters. The lowest BCUT2D eigenvalue weighted by atomic mass is 9.80. The fourth-order valence-electron chi connectivity index (χ4n) is 0.823. The molecular weight excluding hydrogens is 211 g/mol. The van der Waals surface area contributed by atoms with Crippen LogP contribution in [0.15, 0.2) is 18.2 Å². The van der Waals surface area contributed by atoms with Crippen LogP contribution in [0.1, 0.15) is 0 Å². The highest BCUT2D eigenvalue weighted by Crippen LogP contribution is 2.21. The normalized spacial score (nSPS) is 11.8. The minimum absolute atomic E-state index is 0.352. The highest BCUT2D eigenvalue weighted by Gasteiger charge is 2.30. The van der Waals surface area contributed by atoms with E-state index in [4.69, 9.17) is 23.2 Å². The fourth-order valence-corrected chi connectivity index (χ4v) is 1.47. The van der Waals surface area contributed by atoms with Crippen LogP contribution in [0.25, 0.3) is 0 Å². The van der Waals surface area contributed by atoms with Gasteiger partial charge < -0.3 is 12.9 Å². The number of hydrogen-bond acceptors (Lipinski definition) is 0. The molecule has 0 fully saturated rings. The molecule has 1 rings (SSSR count). The number of hydrogen-bond donors (Lipinski definition) is 0. The van der Waals surface area contributed by atoms with E-state index in [9.17, 15) is 12.9 Å². The van der Waals surface area contributed by atoms with Gasteiger partial charge in [-0.2, -0.15) is 0 Å². The fraction of sp³-hybridized carbons (Fsp3) is 0. The molecular formula is C6H3BCl2F3-. The molecule has 1 aromatic rings. The van der Waals surface area contributed by atoms with E-state index < -0.39 is 12.4 Å². The van der Waals surface area contributed by atoms with Gasteiger partial charge in [-0.15, -0.1) is 0 Å². The Morgan fingerprint density at radius 1 is 1.00 bits per heavy atom. The Labute approximate surface area is 77.3 Å². The van der Waals surface area contributed by atoms with Gasteiger partial charge >= 0.3 is 6.98 Å². The van der Waals surface area contributed by atoms with E-state index in [-0.39, 0.29) is 10.0 Å². The summed E-state index contributed by atoms with van der Waals surface area (Å²) in [6.07, 6.45) is 0. The van der Waals surface area contributed by atoms with Crippen LogP contribution >= 0.6 is 23.2 Å². The molecule has 0 aromatic heterocycles. The molecule has 0 saturated carbocycles. The Bertz CT molecular complexity index is 277. The van der Waals surface area contributed by atoms with Crippen LogP contribution in [0.4, 0.5) is 12.9 Å². The molecule has 0 saturated heterocycles. The molecule has 1 aromatic carbocycles. The molecule has 0 N–H and O–H groups in total. The van der Waals surface area contributed by atoms with Gasteiger partial charge in [0.2, 0.25) is 0 Å². The third-order valence-electron chi connectivity index (χ3n) is 1.33. The highest BCUT2D eigenvalue weighted by atomic mass is 35.5. The van der Waals surface area contributed by atoms with Crippen LogP contribution in [0.3, 0.4) is 0 Å². The zero-order valence-electron chi connectivity index (χ0n) is 5.70. The molecule has 0 heterocycles. The van der Waals surface area contributed by atoms with Gasteiger partial charge in [0, 0.05) is 10.0 Å². The van der Waals surface area contributed by atoms with Gasteiger partial charge in [-0.3, -0.25) is 0 Å². The van der Waals surface area contributed by atoms with Gasteiger partial charge in [-0.25, -0.2) is 0 Å². The molecule has 0 aliphatic rings. The maximum Gasteiger partial charge on any atom is 0.512 e. The van der Waals surface area contributed by atoms with Crippen molar-refractivity contribution in [2.24, 2.45) is 0 Å². The van der Waals surface area contributed by atoms with Crippen molar-refractivity contribution in [1.82, 2.24) is 0 Å². The quantitative estimate of drug-likeness (QED) is 0.630. The standard InChI is InChI=1S/C6H3BCl2F3/c8-4-2-1-3-5(9)6(4)7(10,11)12/h1-3H/q-1. The Kier molecular flexibility index (Phi) is 2.59. The van der Waals surface area contributed by atoms with Gasteiger partial charge in [0.1, 0.15) is 0 Å². The van der Waals surface area contributed by atoms with Crippen molar-refractivity contribution in [3.63, 3.8) is 0 Å². The van der Waals surface area contributed by atoms with E-state index in [1.165, 1.54) is 6.07 Å². The molecule has 0 spiro atoms. The summed E-state index contributed by atoms with van der Waals surface area (Å²) in [5.41, 5.74) is -0.916. The lowest BCUT2D eigenvalue weighted by Gasteiger charge is -2.17. The molecule has 0 aliphatic carbocycles. The largest absolute Gasteiger partial charge is 0.512 e. The van der Waals surface area contributed by atoms with E-state index in [1.54, 1.807) is 0 Å². The first-order valence-electron chi connectivity index (χ1n) is 3.07. The van der Waals surface area contributed by atoms with Gasteiger partial charge in [0.05, 0.1) is 0 Å². The third kappa shape index (κ3) is 1.87. The first-order valence-corrected chi connectivity index (χ1v) is 3.82. The van der Waals surface area contributed by atoms with Crippen molar-refractivity contribution < 1.29 is 12.9 Å². The summed E-state index contributed by atoms with van der Waals surface area (Å²) in [4.78, 5) is 0. The molecule has 12 heavy (non-hydrogen) atoms. The molecule has 0 unspecified atom stereocenters. The van der Waals surface area contributed by atoms with Crippen molar-refractivity contribution in [1.29, 1.82) is 0 Å². The van der Waals surface area contributed by atoms with E-state index >= 15 is 0 Å². The minimum atomic E-state index is -5.12. The van der Waals surface area contributed by atoms with E-state index in [0.717, 1.165) is 12.1 Å². The maximum absolute atomic E-state index is 12.2. The van der Waals surface area contributed by atoms with Crippen LogP contribution in [-0.2, 0) is 0 Å². The first-order chi connectivity index (χ1) is 5.43. The lowest BCUT2D eigenvalue weighted by molar-refractivity contribution is 0.501. The Morgan fingerprint density at radius 3 is 1.67 bits per heavy atom. The Hall–Kier alpha value is -0.345. The summed E-state index contributed by atoms with van der Waals surface area (Å²) < 4.78 is 36.6. The van der Waals surface area contributed by atoms with E-state index in [2.05, 4.69) is 0 Å². The maximum atomic E-state index is 12.2. The predicted molar refractivity (Wildman–Crippen MR) is 45.2 cm³/mol. The molecule has 6 heteroatoms. The zero-order chi connectivity index (χ0) is 9.35. The van der Waals surface area contributed by atoms with Crippen molar-refractivity contribution >= 4 is 35.6 Å². The summed E-state index contributed by atoms with van der Waals surface area (Å²) in [5, 5.41) is -0.704. The minimum Gasteiger partial charge on any atom is -0.445 e. The molecule has 0 radical (unpaired) electrons. The van der Waals surface area contributed by atoms with Crippen LogP contribution in [0.2, 0.25) is 10.0 Å². The molecule has 66 valence electrons. The van der Waals surface area contributed by atoms with Gasteiger partial charge in [-0.05, 0) is 12.1 Å². The van der Waals surface area contributed by atoms with Crippen LogP contribution in [0, 0.1) is 0 Å². The molecule has 0 bridgehead atoms. The summed E-state index contributed by atoms with van der Waals surface area (Å²) in [6, 6.07) is 3.70. The average molecular weight is 214 g/mol. The molecule has 0 aliphatic heterocycles. The highest BCUT2D eigenvalue weighted by molar-refractivity contribution is 6.78. The van der Waals surface area contributed by atoms with Crippen LogP contribution in [0.5, 0.6) is 0 Å². The van der Waals surface area contributed by atoms with Gasteiger partial charge in [-0.1, -0.05) is 34.7 Å². The topological polar surface area (TPSA) is 0 Å². The van der Waals surface area contributed by atoms with Crippen molar-refractivity contribution in [3.8, 4) is 0 Å². The summed E-state index contributed by atoms with van der Waals surface area (Å²) >= 11 is 10.7. The monoisotopic (exact) mass is 213 g/mol. The third-order valence-corrected chi connectivity index (χ3v) is 1.99. The molecule has 0 amide bonds. The van der Waals surface area contributed by atoms with Crippen molar-refractivity contribution in [2.45, 2.75) is 0 Å². The van der Waals surface area contributed by atoms with Crippen molar-refractivity contribution in [2.75, 3.05) is 0 Å². The zero-order valence-corrected chi connectivity index (χ0v) is 7.21. The van der Waals surface area contributed by atoms with Crippen LogP contribution < -0.4 is 5.46 Å². The smallest absolute Gasteiger partial charge is 0.445 e. The number of benzene rings is 1. The Balaban J connectivity index is 3.31. The average Bonchev–Trinajstić information content (AvgIpc) is 1.82. The van der Waals surface area contributed by atoms with E-state index in [0.29, 0.717) is 0 Å². The molecule has 0 nitrogen and oxygen atoms in total. The predicted octanol–water partition coefficient (Wildman–Crippen LogP) is 3.05. The summed E-state index contributed by atoms with van der Waals surface area (Å²) in [6.45, 7) is -5.12. The number of rotatable bonds is 1. The van der Waals surface area contributed by atoms with Gasteiger partial charge in [0.15, 0.2) is 0 Å². The van der Waals surface area contributed by atoms with E-state index in [1.807, 2.05) is 0 Å². The first kappa shape index (κ1) is 9.74. The SMILES string of the molecule is F[B-](F)(F)c1c(Cl)cccc1Cl. The second-order valence-electron chi connectivity index (χ2n) is 2.21. The van der Waals surface area contributed by atoms with Crippen molar-refractivity contribution in [3.05, 3.63) is 28.2 Å². The van der Waals surface area contributed by atoms with Crippen LogP contribution in [-0.4, -0.2) is 6.98 Å². The number of halogens is 5. The Morgan fingerprint density at radius 2 is 1.42 bits per heavy atom.